The standard InChI is InChI=1S/C47H89NO9/c1-6-11-14-17-18-19-20-21-22-25-32-43(57-47(54)56-36-28-35-48(9-4)10-5)34-37-55-44(49)33-27-26-29-40(38-41(45(50)51)30-23-15-12-7-2)39-42(46(52)53)31-24-16-13-8-3/h40-43H,6-39H2,1-5H3,(H,50,51)(H,52,53). The zero-order chi connectivity index (χ0) is 42.4. The molecule has 3 unspecified atom stereocenters. The van der Waals surface area contributed by atoms with Crippen LogP contribution in [0.2, 0.25) is 0 Å². The smallest absolute Gasteiger partial charge is 0.481 e. The number of esters is 1. The molecule has 0 radical (unpaired) electrons. The van der Waals surface area contributed by atoms with Gasteiger partial charge in [0.2, 0.25) is 0 Å². The molecule has 0 saturated carbocycles. The molecule has 0 fully saturated rings. The SMILES string of the molecule is CCCCCCCCCCCCC(CCOC(=O)CCCCC(CC(CCCCCC)C(=O)O)CC(CCCCCC)C(=O)O)OC(=O)OCCCN(CC)CC. The van der Waals surface area contributed by atoms with E-state index in [1.54, 1.807) is 0 Å². The molecule has 0 aromatic rings. The van der Waals surface area contributed by atoms with Crippen molar-refractivity contribution in [3.05, 3.63) is 0 Å². The number of rotatable bonds is 42. The summed E-state index contributed by atoms with van der Waals surface area (Å²) in [6.07, 6.45) is 25.5. The molecule has 2 N–H and O–H groups in total. The summed E-state index contributed by atoms with van der Waals surface area (Å²) in [5.41, 5.74) is 0. The van der Waals surface area contributed by atoms with Crippen LogP contribution in [0, 0.1) is 17.8 Å². The van der Waals surface area contributed by atoms with Gasteiger partial charge in [-0.05, 0) is 70.4 Å². The Kier molecular flexibility index (Phi) is 37.5. The second-order valence-electron chi connectivity index (χ2n) is 16.6. The molecule has 0 aliphatic rings. The number of hydrogen-bond acceptors (Lipinski definition) is 8. The predicted octanol–water partition coefficient (Wildman–Crippen LogP) is 12.8. The molecule has 0 saturated heterocycles. The van der Waals surface area contributed by atoms with E-state index in [1.807, 2.05) is 0 Å². The summed E-state index contributed by atoms with van der Waals surface area (Å²) in [4.78, 5) is 52.1. The molecule has 0 heterocycles. The van der Waals surface area contributed by atoms with E-state index in [-0.39, 0.29) is 31.0 Å². The van der Waals surface area contributed by atoms with E-state index < -0.39 is 29.9 Å². The van der Waals surface area contributed by atoms with E-state index in [0.717, 1.165) is 96.7 Å². The highest BCUT2D eigenvalue weighted by atomic mass is 16.7. The van der Waals surface area contributed by atoms with Gasteiger partial charge < -0.3 is 29.3 Å². The molecule has 10 heteroatoms. The predicted molar refractivity (Wildman–Crippen MR) is 232 cm³/mol. The Labute approximate surface area is 349 Å². The molecule has 0 aliphatic carbocycles. The molecular formula is C47H89NO9. The Balaban J connectivity index is 5.07. The molecular weight excluding hydrogens is 723 g/mol. The number of nitrogens with zero attached hydrogens (tertiary/aromatic N) is 1. The largest absolute Gasteiger partial charge is 0.508 e. The Morgan fingerprint density at radius 3 is 1.44 bits per heavy atom. The first-order valence-electron chi connectivity index (χ1n) is 23.8. The zero-order valence-electron chi connectivity index (χ0n) is 37.6. The van der Waals surface area contributed by atoms with Crippen LogP contribution in [0.15, 0.2) is 0 Å². The lowest BCUT2D eigenvalue weighted by Crippen LogP contribution is -2.26. The number of carbonyl (C=O) groups is 4. The van der Waals surface area contributed by atoms with Crippen molar-refractivity contribution >= 4 is 24.1 Å². The molecule has 0 aromatic carbocycles. The first-order chi connectivity index (χ1) is 27.6. The van der Waals surface area contributed by atoms with Crippen LogP contribution >= 0.6 is 0 Å². The van der Waals surface area contributed by atoms with Crippen molar-refractivity contribution in [1.82, 2.24) is 4.90 Å². The van der Waals surface area contributed by atoms with Gasteiger partial charge in [0.15, 0.2) is 0 Å². The first kappa shape index (κ1) is 54.6. The van der Waals surface area contributed by atoms with Crippen molar-refractivity contribution in [3.63, 3.8) is 0 Å². The van der Waals surface area contributed by atoms with Crippen LogP contribution in [0.3, 0.4) is 0 Å². The summed E-state index contributed by atoms with van der Waals surface area (Å²) in [7, 11) is 0. The molecule has 336 valence electrons. The maximum absolute atomic E-state index is 12.8. The van der Waals surface area contributed by atoms with Crippen LogP contribution in [0.4, 0.5) is 4.79 Å². The number of carbonyl (C=O) groups excluding carboxylic acids is 2. The second-order valence-corrected chi connectivity index (χ2v) is 16.6. The van der Waals surface area contributed by atoms with Crippen LogP contribution in [-0.2, 0) is 28.6 Å². The van der Waals surface area contributed by atoms with Gasteiger partial charge in [0.1, 0.15) is 6.10 Å². The van der Waals surface area contributed by atoms with Gasteiger partial charge in [-0.2, -0.15) is 0 Å². The van der Waals surface area contributed by atoms with Gasteiger partial charge in [-0.1, -0.05) is 157 Å². The fraction of sp³-hybridized carbons (Fsp3) is 0.915. The average molecular weight is 812 g/mol. The third kappa shape index (κ3) is 33.2. The van der Waals surface area contributed by atoms with Crippen molar-refractivity contribution < 1.29 is 43.6 Å². The summed E-state index contributed by atoms with van der Waals surface area (Å²) in [6, 6.07) is 0. The fourth-order valence-electron chi connectivity index (χ4n) is 7.81. The van der Waals surface area contributed by atoms with E-state index in [9.17, 15) is 29.4 Å². The lowest BCUT2D eigenvalue weighted by molar-refractivity contribution is -0.145. The Morgan fingerprint density at radius 2 is 0.947 bits per heavy atom. The lowest BCUT2D eigenvalue weighted by atomic mass is 9.80. The highest BCUT2D eigenvalue weighted by Gasteiger charge is 2.27. The van der Waals surface area contributed by atoms with E-state index >= 15 is 0 Å². The normalized spacial score (nSPS) is 13.6. The highest BCUT2D eigenvalue weighted by molar-refractivity contribution is 5.71. The Morgan fingerprint density at radius 1 is 0.491 bits per heavy atom. The van der Waals surface area contributed by atoms with Crippen molar-refractivity contribution in [2.24, 2.45) is 17.8 Å². The summed E-state index contributed by atoms with van der Waals surface area (Å²) >= 11 is 0. The molecule has 57 heavy (non-hydrogen) atoms. The van der Waals surface area contributed by atoms with E-state index in [0.29, 0.717) is 64.4 Å². The maximum Gasteiger partial charge on any atom is 0.508 e. The molecule has 10 nitrogen and oxygen atoms in total. The minimum atomic E-state index is -0.797. The molecule has 0 amide bonds. The number of carboxylic acids is 2. The van der Waals surface area contributed by atoms with Crippen LogP contribution < -0.4 is 0 Å². The van der Waals surface area contributed by atoms with Gasteiger partial charge in [0.05, 0.1) is 25.0 Å². The Bertz CT molecular complexity index is 941. The molecule has 0 aliphatic heterocycles. The van der Waals surface area contributed by atoms with E-state index in [4.69, 9.17) is 14.2 Å². The van der Waals surface area contributed by atoms with Crippen LogP contribution in [0.5, 0.6) is 0 Å². The van der Waals surface area contributed by atoms with Crippen LogP contribution in [0.25, 0.3) is 0 Å². The topological polar surface area (TPSA) is 140 Å². The van der Waals surface area contributed by atoms with Gasteiger partial charge in [-0.15, -0.1) is 0 Å². The number of carboxylic acid groups (broad SMARTS) is 2. The average Bonchev–Trinajstić information content (AvgIpc) is 3.18. The van der Waals surface area contributed by atoms with Gasteiger partial charge >= 0.3 is 24.1 Å². The van der Waals surface area contributed by atoms with Crippen LogP contribution in [-0.4, -0.2) is 78.1 Å². The van der Waals surface area contributed by atoms with Crippen molar-refractivity contribution in [2.45, 2.75) is 227 Å². The summed E-state index contributed by atoms with van der Waals surface area (Å²) in [6.45, 7) is 14.0. The number of hydrogen-bond donors (Lipinski definition) is 2. The van der Waals surface area contributed by atoms with Gasteiger partial charge in [0.25, 0.3) is 0 Å². The van der Waals surface area contributed by atoms with Crippen molar-refractivity contribution in [3.8, 4) is 0 Å². The quantitative estimate of drug-likeness (QED) is 0.0452. The monoisotopic (exact) mass is 812 g/mol. The number of aliphatic carboxylic acids is 2. The molecule has 0 aromatic heterocycles. The van der Waals surface area contributed by atoms with Gasteiger partial charge in [-0.25, -0.2) is 4.79 Å². The van der Waals surface area contributed by atoms with E-state index in [1.165, 1.54) is 44.9 Å². The maximum atomic E-state index is 12.8. The lowest BCUT2D eigenvalue weighted by Gasteiger charge is -2.24. The molecule has 0 bridgehead atoms. The van der Waals surface area contributed by atoms with Gasteiger partial charge in [0, 0.05) is 19.4 Å². The summed E-state index contributed by atoms with van der Waals surface area (Å²) in [5, 5.41) is 20.1. The molecule has 3 atom stereocenters. The van der Waals surface area contributed by atoms with Crippen LogP contribution in [0.1, 0.15) is 221 Å². The minimum absolute atomic E-state index is 0.0266. The van der Waals surface area contributed by atoms with E-state index in [2.05, 4.69) is 39.5 Å². The summed E-state index contributed by atoms with van der Waals surface area (Å²) in [5.74, 6) is -2.89. The number of unbranched alkanes of at least 4 members (excludes halogenated alkanes) is 16. The first-order valence-corrected chi connectivity index (χ1v) is 23.8. The number of ether oxygens (including phenoxy) is 3. The zero-order valence-corrected chi connectivity index (χ0v) is 37.6. The minimum Gasteiger partial charge on any atom is -0.481 e. The summed E-state index contributed by atoms with van der Waals surface area (Å²) < 4.78 is 16.7. The fourth-order valence-corrected chi connectivity index (χ4v) is 7.81. The third-order valence-corrected chi connectivity index (χ3v) is 11.6. The highest BCUT2D eigenvalue weighted by Crippen LogP contribution is 2.31. The third-order valence-electron chi connectivity index (χ3n) is 11.6. The van der Waals surface area contributed by atoms with Crippen molar-refractivity contribution in [1.29, 1.82) is 0 Å². The molecule has 0 spiro atoms. The molecule has 0 rings (SSSR count). The Hall–Kier alpha value is -2.36. The van der Waals surface area contributed by atoms with Crippen molar-refractivity contribution in [2.75, 3.05) is 32.8 Å². The van der Waals surface area contributed by atoms with Gasteiger partial charge in [-0.3, -0.25) is 14.4 Å². The second kappa shape index (κ2) is 39.1.